The molecule has 3 aromatic carbocycles. The predicted molar refractivity (Wildman–Crippen MR) is 133 cm³/mol. The van der Waals surface area contributed by atoms with E-state index in [0.29, 0.717) is 17.4 Å². The summed E-state index contributed by atoms with van der Waals surface area (Å²) in [5.41, 5.74) is 10.8. The van der Waals surface area contributed by atoms with E-state index in [1.807, 2.05) is 79.7 Å². The van der Waals surface area contributed by atoms with Crippen LogP contribution in [0.3, 0.4) is 0 Å². The zero-order chi connectivity index (χ0) is 22.9. The minimum absolute atomic E-state index is 0.0484. The fourth-order valence-electron chi connectivity index (χ4n) is 4.62. The van der Waals surface area contributed by atoms with E-state index in [9.17, 15) is 4.79 Å². The van der Waals surface area contributed by atoms with Gasteiger partial charge in [-0.25, -0.2) is 4.98 Å². The van der Waals surface area contributed by atoms with Crippen LogP contribution in [0.1, 0.15) is 24.5 Å². The first-order valence-corrected chi connectivity index (χ1v) is 11.3. The maximum atomic E-state index is 13.6. The highest BCUT2D eigenvalue weighted by Crippen LogP contribution is 2.34. The molecule has 2 N–H and O–H groups in total. The lowest BCUT2D eigenvalue weighted by Crippen LogP contribution is -2.30. The molecule has 0 radical (unpaired) electrons. The van der Waals surface area contributed by atoms with Crippen LogP contribution in [0, 0.1) is 0 Å². The first-order valence-electron chi connectivity index (χ1n) is 11.3. The molecule has 6 nitrogen and oxygen atoms in total. The number of rotatable bonds is 5. The molecule has 2 atom stereocenters. The molecule has 6 heteroatoms. The van der Waals surface area contributed by atoms with Gasteiger partial charge in [-0.05, 0) is 41.7 Å². The Bertz CT molecular complexity index is 1330. The lowest BCUT2D eigenvalue weighted by atomic mass is 10.0. The molecule has 1 aliphatic heterocycles. The Morgan fingerprint density at radius 2 is 1.70 bits per heavy atom. The van der Waals surface area contributed by atoms with Crippen molar-refractivity contribution in [1.29, 1.82) is 0 Å². The number of aromatic nitrogens is 2. The van der Waals surface area contributed by atoms with Crippen molar-refractivity contribution in [2.45, 2.75) is 31.6 Å². The lowest BCUT2D eigenvalue weighted by molar-refractivity contribution is 0.0348. The van der Waals surface area contributed by atoms with Crippen molar-refractivity contribution in [1.82, 2.24) is 9.55 Å². The summed E-state index contributed by atoms with van der Waals surface area (Å²) in [6.45, 7) is 0.393. The number of anilines is 2. The molecule has 2 unspecified atom stereocenters. The largest absolute Gasteiger partial charge is 0.377 e. The van der Waals surface area contributed by atoms with Crippen LogP contribution in [0.2, 0.25) is 0 Å². The van der Waals surface area contributed by atoms with Crippen LogP contribution in [-0.2, 0) is 11.3 Å². The first-order chi connectivity index (χ1) is 16.0. The predicted octanol–water partition coefficient (Wildman–Crippen LogP) is 4.63. The molecule has 1 fully saturated rings. The summed E-state index contributed by atoms with van der Waals surface area (Å²) >= 11 is 0. The Hall–Kier alpha value is -3.64. The van der Waals surface area contributed by atoms with Crippen LogP contribution >= 0.6 is 0 Å². The molecule has 1 aromatic heterocycles. The van der Waals surface area contributed by atoms with Crippen LogP contribution < -0.4 is 16.2 Å². The number of fused-ring (bicyclic) bond motifs is 1. The molecule has 1 aliphatic rings. The molecule has 0 amide bonds. The number of ether oxygens (including phenoxy) is 1. The second kappa shape index (κ2) is 8.71. The van der Waals surface area contributed by atoms with Crippen LogP contribution in [0.15, 0.2) is 77.6 Å². The van der Waals surface area contributed by atoms with Gasteiger partial charge in [-0.15, -0.1) is 0 Å². The molecule has 0 saturated carbocycles. The van der Waals surface area contributed by atoms with Gasteiger partial charge in [-0.3, -0.25) is 9.36 Å². The van der Waals surface area contributed by atoms with E-state index in [1.54, 1.807) is 4.57 Å². The van der Waals surface area contributed by atoms with Crippen molar-refractivity contribution in [2.75, 3.05) is 24.7 Å². The summed E-state index contributed by atoms with van der Waals surface area (Å²) in [7, 11) is 3.88. The van der Waals surface area contributed by atoms with E-state index in [-0.39, 0.29) is 23.7 Å². The van der Waals surface area contributed by atoms with Crippen molar-refractivity contribution in [3.05, 3.63) is 88.7 Å². The highest BCUT2D eigenvalue weighted by atomic mass is 16.5. The smallest absolute Gasteiger partial charge is 0.264 e. The van der Waals surface area contributed by atoms with Crippen LogP contribution in [0.5, 0.6) is 0 Å². The molecule has 5 rings (SSSR count). The van der Waals surface area contributed by atoms with Gasteiger partial charge in [0.2, 0.25) is 5.95 Å². The van der Waals surface area contributed by atoms with Gasteiger partial charge in [0.15, 0.2) is 0 Å². The summed E-state index contributed by atoms with van der Waals surface area (Å²) in [6.07, 6.45) is 1.76. The summed E-state index contributed by atoms with van der Waals surface area (Å²) in [5.74, 6) is 0.217. The maximum absolute atomic E-state index is 13.6. The summed E-state index contributed by atoms with van der Waals surface area (Å²) in [4.78, 5) is 20.2. The van der Waals surface area contributed by atoms with Crippen molar-refractivity contribution < 1.29 is 4.74 Å². The Labute approximate surface area is 193 Å². The van der Waals surface area contributed by atoms with Gasteiger partial charge in [0.1, 0.15) is 0 Å². The molecule has 2 heterocycles. The first kappa shape index (κ1) is 21.2. The van der Waals surface area contributed by atoms with Gasteiger partial charge in [0, 0.05) is 14.1 Å². The third-order valence-electron chi connectivity index (χ3n) is 6.32. The zero-order valence-corrected chi connectivity index (χ0v) is 18.9. The van der Waals surface area contributed by atoms with Gasteiger partial charge in [-0.1, -0.05) is 60.7 Å². The monoisotopic (exact) mass is 440 g/mol. The zero-order valence-electron chi connectivity index (χ0n) is 18.9. The number of benzene rings is 3. The van der Waals surface area contributed by atoms with Gasteiger partial charge < -0.3 is 15.4 Å². The Balaban J connectivity index is 1.52. The lowest BCUT2D eigenvalue weighted by Gasteiger charge is -2.20. The Morgan fingerprint density at radius 1 is 1.00 bits per heavy atom. The number of nitrogen functional groups attached to an aromatic ring is 1. The average Bonchev–Trinajstić information content (AvgIpc) is 3.31. The fourth-order valence-corrected chi connectivity index (χ4v) is 4.62. The SMILES string of the molecule is CN(C)c1cc(-c2ccccc2)cc2nc(N)n(CC3CCC(c4ccccc4)O3)c(=O)c12. The van der Waals surface area contributed by atoms with Crippen molar-refractivity contribution in [3.63, 3.8) is 0 Å². The van der Waals surface area contributed by atoms with E-state index in [1.165, 1.54) is 5.56 Å². The fraction of sp³-hybridized carbons (Fsp3) is 0.259. The van der Waals surface area contributed by atoms with E-state index in [4.69, 9.17) is 10.5 Å². The average molecular weight is 441 g/mol. The number of hydrogen-bond donors (Lipinski definition) is 1. The van der Waals surface area contributed by atoms with Crippen molar-refractivity contribution >= 4 is 22.5 Å². The van der Waals surface area contributed by atoms with Gasteiger partial charge in [0.25, 0.3) is 5.56 Å². The number of nitrogens with two attached hydrogens (primary N) is 1. The third kappa shape index (κ3) is 4.10. The normalized spacial score (nSPS) is 18.0. The number of nitrogens with zero attached hydrogens (tertiary/aromatic N) is 3. The second-order valence-corrected chi connectivity index (χ2v) is 8.77. The van der Waals surface area contributed by atoms with E-state index < -0.39 is 0 Å². The molecule has 33 heavy (non-hydrogen) atoms. The summed E-state index contributed by atoms with van der Waals surface area (Å²) in [5, 5.41) is 0.575. The topological polar surface area (TPSA) is 73.4 Å². The number of hydrogen-bond acceptors (Lipinski definition) is 5. The highest BCUT2D eigenvalue weighted by molar-refractivity contribution is 5.95. The van der Waals surface area contributed by atoms with Crippen molar-refractivity contribution in [3.8, 4) is 11.1 Å². The molecule has 168 valence electrons. The van der Waals surface area contributed by atoms with E-state index in [2.05, 4.69) is 17.1 Å². The molecule has 4 aromatic rings. The van der Waals surface area contributed by atoms with Gasteiger partial charge in [-0.2, -0.15) is 0 Å². The Morgan fingerprint density at radius 3 is 2.39 bits per heavy atom. The molecular formula is C27H28N4O2. The molecule has 0 bridgehead atoms. The third-order valence-corrected chi connectivity index (χ3v) is 6.32. The highest BCUT2D eigenvalue weighted by Gasteiger charge is 2.28. The van der Waals surface area contributed by atoms with E-state index in [0.717, 1.165) is 29.7 Å². The quantitative estimate of drug-likeness (QED) is 0.490. The summed E-state index contributed by atoms with van der Waals surface area (Å²) in [6, 6.07) is 24.3. The second-order valence-electron chi connectivity index (χ2n) is 8.77. The van der Waals surface area contributed by atoms with Crippen molar-refractivity contribution in [2.24, 2.45) is 0 Å². The van der Waals surface area contributed by atoms with Crippen LogP contribution in [0.4, 0.5) is 11.6 Å². The molecule has 0 aliphatic carbocycles. The maximum Gasteiger partial charge on any atom is 0.264 e. The standard InChI is InChI=1S/C27H28N4O2/c1-30(2)23-16-20(18-9-5-3-6-10-18)15-22-25(23)26(32)31(27(28)29-22)17-21-13-14-24(33-21)19-11-7-4-8-12-19/h3-12,15-16,21,24H,13-14,17H2,1-2H3,(H2,28,29). The summed E-state index contributed by atoms with van der Waals surface area (Å²) < 4.78 is 7.84. The van der Waals surface area contributed by atoms with Gasteiger partial charge in [0.05, 0.1) is 35.3 Å². The molecule has 1 saturated heterocycles. The van der Waals surface area contributed by atoms with Crippen LogP contribution in [0.25, 0.3) is 22.0 Å². The minimum atomic E-state index is -0.132. The van der Waals surface area contributed by atoms with E-state index >= 15 is 0 Å². The van der Waals surface area contributed by atoms with Gasteiger partial charge >= 0.3 is 0 Å². The minimum Gasteiger partial charge on any atom is -0.377 e. The molecule has 0 spiro atoms. The Kier molecular flexibility index (Phi) is 5.60. The van der Waals surface area contributed by atoms with Crippen LogP contribution in [-0.4, -0.2) is 29.8 Å². The molecular weight excluding hydrogens is 412 g/mol.